The minimum Gasteiger partial charge on any atom is -0.481 e. The van der Waals surface area contributed by atoms with E-state index in [4.69, 9.17) is 15.3 Å². The number of carbonyl (C=O) groups is 2. The number of hydrogen-bond acceptors (Lipinski definition) is 3. The fourth-order valence-electron chi connectivity index (χ4n) is 1.61. The van der Waals surface area contributed by atoms with E-state index in [9.17, 15) is 9.59 Å². The van der Waals surface area contributed by atoms with Crippen molar-refractivity contribution in [3.63, 3.8) is 0 Å². The summed E-state index contributed by atoms with van der Waals surface area (Å²) in [6.07, 6.45) is 8.35. The summed E-state index contributed by atoms with van der Waals surface area (Å²) in [6.45, 7) is 3.44. The third-order valence-corrected chi connectivity index (χ3v) is 2.53. The fourth-order valence-corrected chi connectivity index (χ4v) is 1.61. The Balaban J connectivity index is 0. The van der Waals surface area contributed by atoms with Gasteiger partial charge in [-0.2, -0.15) is 0 Å². The van der Waals surface area contributed by atoms with Crippen molar-refractivity contribution in [2.24, 2.45) is 0 Å². The third-order valence-electron chi connectivity index (χ3n) is 2.53. The van der Waals surface area contributed by atoms with Crippen molar-refractivity contribution >= 4 is 11.9 Å². The van der Waals surface area contributed by atoms with Crippen LogP contribution in [0.25, 0.3) is 0 Å². The van der Waals surface area contributed by atoms with Crippen LogP contribution in [0.3, 0.4) is 0 Å². The Kier molecular flexibility index (Phi) is 16.9. The normalized spacial score (nSPS) is 10.0. The van der Waals surface area contributed by atoms with Gasteiger partial charge in [-0.05, 0) is 26.7 Å². The SMILES string of the molecule is CC(C)O.O=C(O)CCCCCCCCCCC(=O)O. The molecule has 0 saturated heterocycles. The van der Waals surface area contributed by atoms with Gasteiger partial charge in [0.25, 0.3) is 0 Å². The smallest absolute Gasteiger partial charge is 0.303 e. The number of unbranched alkanes of at least 4 members (excludes halogenated alkanes) is 7. The Labute approximate surface area is 122 Å². The molecule has 0 bridgehead atoms. The van der Waals surface area contributed by atoms with Crippen molar-refractivity contribution in [3.8, 4) is 0 Å². The summed E-state index contributed by atoms with van der Waals surface area (Å²) in [7, 11) is 0. The van der Waals surface area contributed by atoms with Crippen molar-refractivity contribution in [1.82, 2.24) is 0 Å². The zero-order valence-corrected chi connectivity index (χ0v) is 12.8. The Bertz CT molecular complexity index is 214. The van der Waals surface area contributed by atoms with Crippen LogP contribution < -0.4 is 0 Å². The van der Waals surface area contributed by atoms with Gasteiger partial charge in [-0.15, -0.1) is 0 Å². The lowest BCUT2D eigenvalue weighted by atomic mass is 10.1. The van der Waals surface area contributed by atoms with Crippen LogP contribution in [0.15, 0.2) is 0 Å². The van der Waals surface area contributed by atoms with Crippen LogP contribution in [0.2, 0.25) is 0 Å². The Morgan fingerprint density at radius 2 is 0.900 bits per heavy atom. The zero-order valence-electron chi connectivity index (χ0n) is 12.8. The van der Waals surface area contributed by atoms with Gasteiger partial charge in [-0.3, -0.25) is 9.59 Å². The molecule has 0 heterocycles. The van der Waals surface area contributed by atoms with Gasteiger partial charge >= 0.3 is 11.9 Å². The van der Waals surface area contributed by atoms with E-state index in [1.54, 1.807) is 13.8 Å². The molecule has 20 heavy (non-hydrogen) atoms. The van der Waals surface area contributed by atoms with E-state index in [2.05, 4.69) is 0 Å². The Morgan fingerprint density at radius 1 is 0.700 bits per heavy atom. The van der Waals surface area contributed by atoms with E-state index in [-0.39, 0.29) is 18.9 Å². The average Bonchev–Trinajstić information content (AvgIpc) is 2.30. The Morgan fingerprint density at radius 3 is 1.10 bits per heavy atom. The van der Waals surface area contributed by atoms with Crippen LogP contribution in [0.5, 0.6) is 0 Å². The molecule has 0 unspecified atom stereocenters. The minimum absolute atomic E-state index is 0.167. The number of rotatable bonds is 11. The molecule has 5 heteroatoms. The molecule has 0 rings (SSSR count). The summed E-state index contributed by atoms with van der Waals surface area (Å²) in [5.41, 5.74) is 0. The maximum absolute atomic E-state index is 10.2. The second-order valence-electron chi connectivity index (χ2n) is 5.21. The van der Waals surface area contributed by atoms with E-state index in [0.717, 1.165) is 51.4 Å². The number of aliphatic hydroxyl groups excluding tert-OH is 1. The van der Waals surface area contributed by atoms with E-state index in [0.29, 0.717) is 0 Å². The quantitative estimate of drug-likeness (QED) is 0.507. The molecule has 0 aliphatic rings. The van der Waals surface area contributed by atoms with Crippen LogP contribution in [0, 0.1) is 0 Å². The summed E-state index contributed by atoms with van der Waals surface area (Å²) >= 11 is 0. The maximum Gasteiger partial charge on any atom is 0.303 e. The van der Waals surface area contributed by atoms with Crippen LogP contribution in [-0.4, -0.2) is 33.4 Å². The van der Waals surface area contributed by atoms with Gasteiger partial charge in [-0.25, -0.2) is 0 Å². The molecule has 0 aromatic carbocycles. The van der Waals surface area contributed by atoms with Crippen LogP contribution in [-0.2, 0) is 9.59 Å². The topological polar surface area (TPSA) is 94.8 Å². The molecule has 0 aromatic rings. The highest BCUT2D eigenvalue weighted by Crippen LogP contribution is 2.10. The highest BCUT2D eigenvalue weighted by atomic mass is 16.4. The molecule has 0 aliphatic carbocycles. The lowest BCUT2D eigenvalue weighted by Crippen LogP contribution is -1.94. The third kappa shape index (κ3) is 30.2. The predicted octanol–water partition coefficient (Wildman–Crippen LogP) is 3.44. The maximum atomic E-state index is 10.2. The first-order valence-corrected chi connectivity index (χ1v) is 7.48. The summed E-state index contributed by atoms with van der Waals surface area (Å²) in [4.78, 5) is 20.4. The molecule has 0 saturated carbocycles. The van der Waals surface area contributed by atoms with E-state index in [1.165, 1.54) is 0 Å². The molecule has 0 fully saturated rings. The van der Waals surface area contributed by atoms with E-state index >= 15 is 0 Å². The lowest BCUT2D eigenvalue weighted by molar-refractivity contribution is -0.138. The number of carboxylic acid groups (broad SMARTS) is 2. The van der Waals surface area contributed by atoms with Crippen molar-refractivity contribution < 1.29 is 24.9 Å². The van der Waals surface area contributed by atoms with Crippen LogP contribution >= 0.6 is 0 Å². The van der Waals surface area contributed by atoms with Gasteiger partial charge in [-0.1, -0.05) is 38.5 Å². The van der Waals surface area contributed by atoms with Gasteiger partial charge < -0.3 is 15.3 Å². The van der Waals surface area contributed by atoms with Gasteiger partial charge in [0.05, 0.1) is 0 Å². The number of aliphatic hydroxyl groups is 1. The van der Waals surface area contributed by atoms with Gasteiger partial charge in [0, 0.05) is 18.9 Å². The van der Waals surface area contributed by atoms with Gasteiger partial charge in [0.15, 0.2) is 0 Å². The number of hydrogen-bond donors (Lipinski definition) is 3. The molecular weight excluding hydrogens is 260 g/mol. The van der Waals surface area contributed by atoms with Crippen molar-refractivity contribution in [2.75, 3.05) is 0 Å². The highest BCUT2D eigenvalue weighted by Gasteiger charge is 1.98. The van der Waals surface area contributed by atoms with E-state index in [1.807, 2.05) is 0 Å². The molecule has 0 aromatic heterocycles. The summed E-state index contributed by atoms with van der Waals surface area (Å²) in [5.74, 6) is -1.43. The van der Waals surface area contributed by atoms with Crippen molar-refractivity contribution in [1.29, 1.82) is 0 Å². The second-order valence-corrected chi connectivity index (χ2v) is 5.21. The number of aliphatic carboxylic acids is 2. The Hall–Kier alpha value is -1.10. The molecule has 120 valence electrons. The minimum atomic E-state index is -0.714. The standard InChI is InChI=1S/C12H22O4.C3H8O/c13-11(14)9-7-5-3-1-2-4-6-8-10-12(15)16;1-3(2)4/h1-10H2,(H,13,14)(H,15,16);3-4H,1-2H3. The first-order valence-electron chi connectivity index (χ1n) is 7.48. The predicted molar refractivity (Wildman–Crippen MR) is 78.8 cm³/mol. The molecule has 3 N–H and O–H groups in total. The zero-order chi connectivity index (χ0) is 15.8. The van der Waals surface area contributed by atoms with Gasteiger partial charge in [0.2, 0.25) is 0 Å². The van der Waals surface area contributed by atoms with Crippen molar-refractivity contribution in [2.45, 2.75) is 84.2 Å². The monoisotopic (exact) mass is 290 g/mol. The molecule has 0 atom stereocenters. The molecule has 0 spiro atoms. The highest BCUT2D eigenvalue weighted by molar-refractivity contribution is 5.66. The summed E-state index contributed by atoms with van der Waals surface area (Å²) in [5, 5.41) is 24.9. The molecule has 0 radical (unpaired) electrons. The van der Waals surface area contributed by atoms with Crippen molar-refractivity contribution in [3.05, 3.63) is 0 Å². The second kappa shape index (κ2) is 16.0. The first-order chi connectivity index (χ1) is 9.36. The molecule has 0 aliphatic heterocycles. The average molecular weight is 290 g/mol. The largest absolute Gasteiger partial charge is 0.481 e. The van der Waals surface area contributed by atoms with Gasteiger partial charge in [0.1, 0.15) is 0 Å². The fraction of sp³-hybridized carbons (Fsp3) is 0.867. The van der Waals surface area contributed by atoms with E-state index < -0.39 is 11.9 Å². The van der Waals surface area contributed by atoms with Crippen LogP contribution in [0.4, 0.5) is 0 Å². The molecular formula is C15H30O5. The molecule has 0 amide bonds. The summed E-state index contributed by atoms with van der Waals surface area (Å²) in [6, 6.07) is 0. The molecule has 5 nitrogen and oxygen atoms in total. The number of carboxylic acids is 2. The first kappa shape index (κ1) is 21.2. The summed E-state index contributed by atoms with van der Waals surface area (Å²) < 4.78 is 0. The lowest BCUT2D eigenvalue weighted by Gasteiger charge is -2.00. The van der Waals surface area contributed by atoms with Crippen LogP contribution in [0.1, 0.15) is 78.1 Å².